The topological polar surface area (TPSA) is 61.4 Å². The molecule has 24 heavy (non-hydrogen) atoms. The zero-order valence-electron chi connectivity index (χ0n) is 12.6. The fourth-order valence-electron chi connectivity index (χ4n) is 2.59. The molecule has 1 unspecified atom stereocenters. The number of amides is 3. The molecule has 1 aliphatic heterocycles. The van der Waals surface area contributed by atoms with Crippen LogP contribution in [0.3, 0.4) is 0 Å². The Labute approximate surface area is 149 Å². The average molecular weight is 364 g/mol. The molecular formula is C17H15Cl2N3O2. The van der Waals surface area contributed by atoms with Crippen LogP contribution in [-0.2, 0) is 4.79 Å². The Bertz CT molecular complexity index is 768. The normalized spacial score (nSPS) is 17.0. The van der Waals surface area contributed by atoms with E-state index in [9.17, 15) is 9.59 Å². The molecule has 1 heterocycles. The molecule has 1 atom stereocenters. The van der Waals surface area contributed by atoms with Crippen LogP contribution in [0.1, 0.15) is 6.42 Å². The minimum absolute atomic E-state index is 0.0129. The molecule has 2 N–H and O–H groups in total. The van der Waals surface area contributed by atoms with Gasteiger partial charge in [0.1, 0.15) is 0 Å². The van der Waals surface area contributed by atoms with E-state index in [1.165, 1.54) is 0 Å². The summed E-state index contributed by atoms with van der Waals surface area (Å²) in [7, 11) is 0. The fourth-order valence-corrected chi connectivity index (χ4v) is 2.89. The van der Waals surface area contributed by atoms with Gasteiger partial charge in [-0.05, 0) is 30.3 Å². The summed E-state index contributed by atoms with van der Waals surface area (Å²) in [5.74, 6) is -0.0129. The summed E-state index contributed by atoms with van der Waals surface area (Å²) in [5, 5.41) is 6.27. The maximum atomic E-state index is 12.1. The number of urea groups is 1. The van der Waals surface area contributed by atoms with Crippen molar-refractivity contribution in [1.82, 2.24) is 5.32 Å². The highest BCUT2D eigenvalue weighted by Gasteiger charge is 2.31. The van der Waals surface area contributed by atoms with Crippen LogP contribution < -0.4 is 15.5 Å². The van der Waals surface area contributed by atoms with Crippen molar-refractivity contribution < 1.29 is 9.59 Å². The molecule has 7 heteroatoms. The standard InChI is InChI=1S/C17H15Cl2N3O2/c18-14-7-6-11(8-15(14)19)20-17(24)21-12-9-16(23)22(10-12)13-4-2-1-3-5-13/h1-8,12H,9-10H2,(H2,20,21,24). The summed E-state index contributed by atoms with van der Waals surface area (Å²) in [6.45, 7) is 0.442. The Balaban J connectivity index is 1.59. The van der Waals surface area contributed by atoms with E-state index in [-0.39, 0.29) is 24.4 Å². The Kier molecular flexibility index (Phi) is 4.92. The summed E-state index contributed by atoms with van der Waals surface area (Å²) >= 11 is 11.8. The molecule has 0 saturated carbocycles. The van der Waals surface area contributed by atoms with Gasteiger partial charge < -0.3 is 15.5 Å². The van der Waals surface area contributed by atoms with Gasteiger partial charge in [0, 0.05) is 24.3 Å². The summed E-state index contributed by atoms with van der Waals surface area (Å²) in [6.07, 6.45) is 0.268. The highest BCUT2D eigenvalue weighted by Crippen LogP contribution is 2.25. The highest BCUT2D eigenvalue weighted by molar-refractivity contribution is 6.42. The van der Waals surface area contributed by atoms with Crippen molar-refractivity contribution in [3.05, 3.63) is 58.6 Å². The van der Waals surface area contributed by atoms with Gasteiger partial charge in [0.05, 0.1) is 16.1 Å². The van der Waals surface area contributed by atoms with Gasteiger partial charge in [0.15, 0.2) is 0 Å². The molecule has 0 aliphatic carbocycles. The fraction of sp³-hybridized carbons (Fsp3) is 0.176. The van der Waals surface area contributed by atoms with Crippen LogP contribution in [0.4, 0.5) is 16.2 Å². The predicted molar refractivity (Wildman–Crippen MR) is 95.8 cm³/mol. The summed E-state index contributed by atoms with van der Waals surface area (Å²) in [4.78, 5) is 25.9. The smallest absolute Gasteiger partial charge is 0.319 e. The van der Waals surface area contributed by atoms with Crippen molar-refractivity contribution in [3.8, 4) is 0 Å². The Morgan fingerprint density at radius 3 is 2.54 bits per heavy atom. The van der Waals surface area contributed by atoms with Crippen molar-refractivity contribution in [2.24, 2.45) is 0 Å². The average Bonchev–Trinajstić information content (AvgIpc) is 2.92. The molecule has 0 radical (unpaired) electrons. The first-order valence-corrected chi connectivity index (χ1v) is 8.16. The molecule has 3 rings (SSSR count). The maximum Gasteiger partial charge on any atom is 0.319 e. The number of halogens is 2. The van der Waals surface area contributed by atoms with Crippen LogP contribution >= 0.6 is 23.2 Å². The first-order valence-electron chi connectivity index (χ1n) is 7.41. The number of carbonyl (C=O) groups excluding carboxylic acids is 2. The molecule has 2 aromatic carbocycles. The Hall–Kier alpha value is -2.24. The minimum Gasteiger partial charge on any atom is -0.333 e. The molecule has 0 spiro atoms. The van der Waals surface area contributed by atoms with Crippen molar-refractivity contribution in [3.63, 3.8) is 0 Å². The first kappa shape index (κ1) is 16.6. The van der Waals surface area contributed by atoms with Gasteiger partial charge >= 0.3 is 6.03 Å². The van der Waals surface area contributed by atoms with Gasteiger partial charge in [-0.15, -0.1) is 0 Å². The van der Waals surface area contributed by atoms with Gasteiger partial charge in [-0.3, -0.25) is 4.79 Å². The highest BCUT2D eigenvalue weighted by atomic mass is 35.5. The van der Waals surface area contributed by atoms with Gasteiger partial charge in [-0.1, -0.05) is 41.4 Å². The van der Waals surface area contributed by atoms with Crippen molar-refractivity contribution in [2.75, 3.05) is 16.8 Å². The van der Waals surface area contributed by atoms with E-state index < -0.39 is 0 Å². The van der Waals surface area contributed by atoms with Crippen LogP contribution in [0.15, 0.2) is 48.5 Å². The zero-order valence-corrected chi connectivity index (χ0v) is 14.1. The second kappa shape index (κ2) is 7.11. The number of para-hydroxylation sites is 1. The molecular weight excluding hydrogens is 349 g/mol. The van der Waals surface area contributed by atoms with Crippen molar-refractivity contribution in [2.45, 2.75) is 12.5 Å². The Morgan fingerprint density at radius 2 is 1.83 bits per heavy atom. The number of hydrogen-bond donors (Lipinski definition) is 2. The number of rotatable bonds is 3. The largest absolute Gasteiger partial charge is 0.333 e. The lowest BCUT2D eigenvalue weighted by atomic mass is 10.2. The lowest BCUT2D eigenvalue weighted by Crippen LogP contribution is -2.39. The van der Waals surface area contributed by atoms with Gasteiger partial charge in [0.25, 0.3) is 0 Å². The number of anilines is 2. The zero-order chi connectivity index (χ0) is 17.1. The number of nitrogens with one attached hydrogen (secondary N) is 2. The summed E-state index contributed by atoms with van der Waals surface area (Å²) in [5.41, 5.74) is 1.36. The van der Waals surface area contributed by atoms with Crippen molar-refractivity contribution in [1.29, 1.82) is 0 Å². The van der Waals surface area contributed by atoms with E-state index >= 15 is 0 Å². The minimum atomic E-state index is -0.388. The van der Waals surface area contributed by atoms with Crippen LogP contribution in [0.5, 0.6) is 0 Å². The number of hydrogen-bond acceptors (Lipinski definition) is 2. The van der Waals surface area contributed by atoms with Crippen LogP contribution in [0.25, 0.3) is 0 Å². The van der Waals surface area contributed by atoms with E-state index in [1.54, 1.807) is 23.1 Å². The third-order valence-corrected chi connectivity index (χ3v) is 4.44. The third kappa shape index (κ3) is 3.80. The monoisotopic (exact) mass is 363 g/mol. The van der Waals surface area contributed by atoms with Crippen LogP contribution in [0.2, 0.25) is 10.0 Å². The van der Waals surface area contributed by atoms with E-state index in [1.807, 2.05) is 30.3 Å². The Morgan fingerprint density at radius 1 is 1.08 bits per heavy atom. The summed E-state index contributed by atoms with van der Waals surface area (Å²) in [6, 6.07) is 13.6. The molecule has 3 amide bonds. The number of nitrogens with zero attached hydrogens (tertiary/aromatic N) is 1. The molecule has 0 bridgehead atoms. The van der Waals surface area contributed by atoms with E-state index in [2.05, 4.69) is 10.6 Å². The van der Waals surface area contributed by atoms with Crippen LogP contribution in [-0.4, -0.2) is 24.5 Å². The summed E-state index contributed by atoms with van der Waals surface area (Å²) < 4.78 is 0. The second-order valence-corrected chi connectivity index (χ2v) is 6.28. The van der Waals surface area contributed by atoms with E-state index in [4.69, 9.17) is 23.2 Å². The SMILES string of the molecule is O=C(Nc1ccc(Cl)c(Cl)c1)NC1CC(=O)N(c2ccccc2)C1. The lowest BCUT2D eigenvalue weighted by Gasteiger charge is -2.17. The maximum absolute atomic E-state index is 12.1. The lowest BCUT2D eigenvalue weighted by molar-refractivity contribution is -0.117. The molecule has 0 aromatic heterocycles. The predicted octanol–water partition coefficient (Wildman–Crippen LogP) is 3.92. The molecule has 124 valence electrons. The van der Waals surface area contributed by atoms with Crippen molar-refractivity contribution >= 4 is 46.5 Å². The van der Waals surface area contributed by atoms with E-state index in [0.717, 1.165) is 5.69 Å². The first-order chi connectivity index (χ1) is 11.5. The van der Waals surface area contributed by atoms with Gasteiger partial charge in [0.2, 0.25) is 5.91 Å². The number of carbonyl (C=O) groups is 2. The molecule has 1 saturated heterocycles. The van der Waals surface area contributed by atoms with Gasteiger partial charge in [-0.25, -0.2) is 4.79 Å². The molecule has 1 fully saturated rings. The second-order valence-electron chi connectivity index (χ2n) is 5.47. The van der Waals surface area contributed by atoms with Gasteiger partial charge in [-0.2, -0.15) is 0 Å². The third-order valence-electron chi connectivity index (χ3n) is 3.71. The molecule has 5 nitrogen and oxygen atoms in total. The van der Waals surface area contributed by atoms with E-state index in [0.29, 0.717) is 22.3 Å². The quantitative estimate of drug-likeness (QED) is 0.867. The molecule has 1 aliphatic rings. The number of benzene rings is 2. The molecule has 2 aromatic rings. The van der Waals surface area contributed by atoms with Crippen LogP contribution in [0, 0.1) is 0 Å².